The van der Waals surface area contributed by atoms with Crippen LogP contribution in [0.3, 0.4) is 0 Å². The van der Waals surface area contributed by atoms with Crippen LogP contribution in [-0.2, 0) is 14.8 Å². The molecule has 0 aliphatic rings. The number of halogens is 3. The molecule has 0 bridgehead atoms. The first-order chi connectivity index (χ1) is 8.33. The summed E-state index contributed by atoms with van der Waals surface area (Å²) in [7, 11) is -3.61. The van der Waals surface area contributed by atoms with Gasteiger partial charge in [-0.25, -0.2) is 21.9 Å². The Labute approximate surface area is 117 Å². The summed E-state index contributed by atoms with van der Waals surface area (Å²) < 4.78 is 54.8. The monoisotopic (exact) mass is 363 g/mol. The zero-order chi connectivity index (χ0) is 13.8. The summed E-state index contributed by atoms with van der Waals surface area (Å²) in [5, 5.41) is 0. The Bertz CT molecular complexity index is 490. The Balaban J connectivity index is 2.48. The van der Waals surface area contributed by atoms with Crippen LogP contribution < -0.4 is 4.72 Å². The van der Waals surface area contributed by atoms with Gasteiger partial charge in [-0.2, -0.15) is 0 Å². The van der Waals surface area contributed by atoms with Crippen LogP contribution in [0.1, 0.15) is 4.88 Å². The molecule has 18 heavy (non-hydrogen) atoms. The lowest BCUT2D eigenvalue weighted by atomic mass is 10.5. The number of alkyl halides is 2. The highest BCUT2D eigenvalue weighted by atomic mass is 79.9. The van der Waals surface area contributed by atoms with Crippen LogP contribution >= 0.6 is 27.3 Å². The predicted octanol–water partition coefficient (Wildman–Crippen LogP) is 2.38. The van der Waals surface area contributed by atoms with Crippen molar-refractivity contribution in [1.29, 1.82) is 0 Å². The number of rotatable bonds is 7. The molecule has 0 saturated heterocycles. The van der Waals surface area contributed by atoms with E-state index in [1.807, 2.05) is 0 Å². The van der Waals surface area contributed by atoms with Crippen LogP contribution in [0, 0.1) is 6.92 Å². The first-order valence-electron chi connectivity index (χ1n) is 4.94. The summed E-state index contributed by atoms with van der Waals surface area (Å²) in [6.45, 7) is 0.873. The molecular weight excluding hydrogens is 352 g/mol. The number of thiophene rings is 1. The fraction of sp³-hybridized carbons (Fsp3) is 0.556. The smallest absolute Gasteiger partial charge is 0.261 e. The average Bonchev–Trinajstić information content (AvgIpc) is 2.57. The van der Waals surface area contributed by atoms with E-state index in [4.69, 9.17) is 0 Å². The van der Waals surface area contributed by atoms with Crippen LogP contribution in [0.25, 0.3) is 0 Å². The van der Waals surface area contributed by atoms with E-state index in [1.54, 1.807) is 6.92 Å². The molecule has 0 saturated carbocycles. The fourth-order valence-corrected chi connectivity index (χ4v) is 4.62. The third kappa shape index (κ3) is 4.88. The standard InChI is InChI=1S/C9H12BrF2NO3S2/c1-6-7(4-8(10)17-6)18(14,15)13-2-3-16-5-9(11)12/h4,9,13H,2-3,5H2,1H3. The van der Waals surface area contributed by atoms with Gasteiger partial charge in [0.15, 0.2) is 0 Å². The van der Waals surface area contributed by atoms with Crippen molar-refractivity contribution < 1.29 is 21.9 Å². The van der Waals surface area contributed by atoms with Gasteiger partial charge in [0.05, 0.1) is 15.3 Å². The van der Waals surface area contributed by atoms with Gasteiger partial charge in [0.25, 0.3) is 6.43 Å². The zero-order valence-corrected chi connectivity index (χ0v) is 12.7. The summed E-state index contributed by atoms with van der Waals surface area (Å²) >= 11 is 4.51. The van der Waals surface area contributed by atoms with Gasteiger partial charge in [0.2, 0.25) is 10.0 Å². The molecule has 1 aromatic heterocycles. The molecule has 0 spiro atoms. The first kappa shape index (κ1) is 16.0. The minimum absolute atomic E-state index is 0.0397. The Hall–Kier alpha value is -0.0900. The van der Waals surface area contributed by atoms with Crippen LogP contribution in [0.5, 0.6) is 0 Å². The van der Waals surface area contributed by atoms with E-state index in [9.17, 15) is 17.2 Å². The average molecular weight is 364 g/mol. The number of hydrogen-bond acceptors (Lipinski definition) is 4. The van der Waals surface area contributed by atoms with Crippen molar-refractivity contribution >= 4 is 37.3 Å². The van der Waals surface area contributed by atoms with E-state index in [1.165, 1.54) is 17.4 Å². The summed E-state index contributed by atoms with van der Waals surface area (Å²) in [4.78, 5) is 0.844. The van der Waals surface area contributed by atoms with Crippen molar-refractivity contribution in [3.8, 4) is 0 Å². The summed E-state index contributed by atoms with van der Waals surface area (Å²) in [6, 6.07) is 1.50. The van der Waals surface area contributed by atoms with Crippen molar-refractivity contribution in [3.63, 3.8) is 0 Å². The van der Waals surface area contributed by atoms with E-state index in [0.717, 1.165) is 0 Å². The lowest BCUT2D eigenvalue weighted by Crippen LogP contribution is -2.28. The maximum absolute atomic E-state index is 11.8. The number of nitrogens with one attached hydrogen (secondary N) is 1. The molecule has 0 atom stereocenters. The van der Waals surface area contributed by atoms with Crippen LogP contribution in [0.2, 0.25) is 0 Å². The number of aryl methyl sites for hydroxylation is 1. The van der Waals surface area contributed by atoms with Gasteiger partial charge >= 0.3 is 0 Å². The quantitative estimate of drug-likeness (QED) is 0.756. The van der Waals surface area contributed by atoms with E-state index in [-0.39, 0.29) is 18.0 Å². The van der Waals surface area contributed by atoms with Gasteiger partial charge in [-0.1, -0.05) is 0 Å². The first-order valence-corrected chi connectivity index (χ1v) is 8.03. The molecular formula is C9H12BrF2NO3S2. The summed E-state index contributed by atoms with van der Waals surface area (Å²) in [6.07, 6.45) is -2.54. The molecule has 0 radical (unpaired) electrons. The van der Waals surface area contributed by atoms with Crippen molar-refractivity contribution in [2.24, 2.45) is 0 Å². The number of ether oxygens (including phenoxy) is 1. The molecule has 1 rings (SSSR count). The van der Waals surface area contributed by atoms with Gasteiger partial charge in [-0.3, -0.25) is 0 Å². The van der Waals surface area contributed by atoms with E-state index in [0.29, 0.717) is 8.66 Å². The molecule has 0 fully saturated rings. The second kappa shape index (κ2) is 6.90. The maximum atomic E-state index is 11.8. The minimum Gasteiger partial charge on any atom is -0.374 e. The maximum Gasteiger partial charge on any atom is 0.261 e. The highest BCUT2D eigenvalue weighted by Crippen LogP contribution is 2.29. The van der Waals surface area contributed by atoms with Gasteiger partial charge in [-0.05, 0) is 28.9 Å². The largest absolute Gasteiger partial charge is 0.374 e. The lowest BCUT2D eigenvalue weighted by Gasteiger charge is -2.06. The van der Waals surface area contributed by atoms with Crippen molar-refractivity contribution in [1.82, 2.24) is 4.72 Å². The highest BCUT2D eigenvalue weighted by molar-refractivity contribution is 9.11. The van der Waals surface area contributed by atoms with Gasteiger partial charge in [0, 0.05) is 11.4 Å². The topological polar surface area (TPSA) is 55.4 Å². The molecule has 1 heterocycles. The molecule has 0 aromatic carbocycles. The molecule has 1 aromatic rings. The third-order valence-electron chi connectivity index (χ3n) is 1.91. The molecule has 1 N–H and O–H groups in total. The van der Waals surface area contributed by atoms with Crippen molar-refractivity contribution in [3.05, 3.63) is 14.7 Å². The minimum atomic E-state index is -3.61. The predicted molar refractivity (Wildman–Crippen MR) is 68.8 cm³/mol. The third-order valence-corrected chi connectivity index (χ3v) is 5.18. The summed E-state index contributed by atoms with van der Waals surface area (Å²) in [5.41, 5.74) is 0. The van der Waals surface area contributed by atoms with Crippen LogP contribution in [0.4, 0.5) is 8.78 Å². The molecule has 9 heteroatoms. The van der Waals surface area contributed by atoms with Gasteiger partial charge in [-0.15, -0.1) is 11.3 Å². The van der Waals surface area contributed by atoms with Crippen molar-refractivity contribution in [2.75, 3.05) is 19.8 Å². The van der Waals surface area contributed by atoms with E-state index in [2.05, 4.69) is 25.4 Å². The zero-order valence-electron chi connectivity index (χ0n) is 9.45. The van der Waals surface area contributed by atoms with Crippen molar-refractivity contribution in [2.45, 2.75) is 18.2 Å². The van der Waals surface area contributed by atoms with Gasteiger partial charge in [0.1, 0.15) is 6.61 Å². The second-order valence-corrected chi connectivity index (χ2v) is 7.71. The Kier molecular flexibility index (Phi) is 6.12. The fourth-order valence-electron chi connectivity index (χ4n) is 1.20. The SMILES string of the molecule is Cc1sc(Br)cc1S(=O)(=O)NCCOCC(F)F. The molecule has 4 nitrogen and oxygen atoms in total. The van der Waals surface area contributed by atoms with Crippen LogP contribution in [-0.4, -0.2) is 34.6 Å². The molecule has 0 aliphatic carbocycles. The second-order valence-electron chi connectivity index (χ2n) is 3.33. The number of sulfonamides is 1. The number of hydrogen-bond donors (Lipinski definition) is 1. The van der Waals surface area contributed by atoms with E-state index < -0.39 is 23.1 Å². The van der Waals surface area contributed by atoms with Crippen LogP contribution in [0.15, 0.2) is 14.7 Å². The lowest BCUT2D eigenvalue weighted by molar-refractivity contribution is 0.0199. The normalized spacial score (nSPS) is 12.3. The highest BCUT2D eigenvalue weighted by Gasteiger charge is 2.18. The summed E-state index contributed by atoms with van der Waals surface area (Å²) in [5.74, 6) is 0. The molecule has 0 unspecified atom stereocenters. The molecule has 104 valence electrons. The van der Waals surface area contributed by atoms with E-state index >= 15 is 0 Å². The Morgan fingerprint density at radius 1 is 1.56 bits per heavy atom. The Morgan fingerprint density at radius 2 is 2.22 bits per heavy atom. The molecule has 0 aliphatic heterocycles. The Morgan fingerprint density at radius 3 is 2.72 bits per heavy atom. The molecule has 0 amide bonds. The van der Waals surface area contributed by atoms with Gasteiger partial charge < -0.3 is 4.74 Å².